The predicted octanol–water partition coefficient (Wildman–Crippen LogP) is 0.450. The van der Waals surface area contributed by atoms with Crippen molar-refractivity contribution in [3.63, 3.8) is 0 Å². The standard InChI is InChI=1S/C12H15N3O/c1-15-10-5-3-2-4-9(10)14-11(15)6-12(16)7-13-8-12/h2-5,13,16H,6-8H2,1H3. The lowest BCUT2D eigenvalue weighted by atomic mass is 9.93. The Bertz CT molecular complexity index is 528. The molecule has 1 aromatic heterocycles. The summed E-state index contributed by atoms with van der Waals surface area (Å²) < 4.78 is 2.06. The van der Waals surface area contributed by atoms with E-state index in [9.17, 15) is 5.11 Å². The van der Waals surface area contributed by atoms with Crippen molar-refractivity contribution in [3.05, 3.63) is 30.1 Å². The van der Waals surface area contributed by atoms with E-state index >= 15 is 0 Å². The second-order valence-electron chi connectivity index (χ2n) is 4.58. The van der Waals surface area contributed by atoms with Crippen LogP contribution in [0.2, 0.25) is 0 Å². The Balaban J connectivity index is 2.00. The lowest BCUT2D eigenvalue weighted by Crippen LogP contribution is -2.60. The van der Waals surface area contributed by atoms with Gasteiger partial charge in [-0.2, -0.15) is 0 Å². The van der Waals surface area contributed by atoms with Gasteiger partial charge in [-0.05, 0) is 12.1 Å². The van der Waals surface area contributed by atoms with Crippen molar-refractivity contribution >= 4 is 11.0 Å². The molecule has 2 aromatic rings. The van der Waals surface area contributed by atoms with Crippen LogP contribution in [0.15, 0.2) is 24.3 Å². The maximum atomic E-state index is 10.1. The summed E-state index contributed by atoms with van der Waals surface area (Å²) in [5, 5.41) is 13.2. The van der Waals surface area contributed by atoms with Gasteiger partial charge in [0.05, 0.1) is 16.6 Å². The van der Waals surface area contributed by atoms with Gasteiger partial charge in [0.25, 0.3) is 0 Å². The Morgan fingerprint density at radius 2 is 2.19 bits per heavy atom. The number of benzene rings is 1. The van der Waals surface area contributed by atoms with Crippen LogP contribution in [0.25, 0.3) is 11.0 Å². The lowest BCUT2D eigenvalue weighted by molar-refractivity contribution is -0.0111. The van der Waals surface area contributed by atoms with Crippen molar-refractivity contribution < 1.29 is 5.11 Å². The number of aliphatic hydroxyl groups is 1. The van der Waals surface area contributed by atoms with Crippen molar-refractivity contribution in [2.45, 2.75) is 12.0 Å². The third-order valence-electron chi connectivity index (χ3n) is 3.28. The van der Waals surface area contributed by atoms with Crippen LogP contribution in [0.4, 0.5) is 0 Å². The summed E-state index contributed by atoms with van der Waals surface area (Å²) in [6, 6.07) is 8.04. The zero-order valence-corrected chi connectivity index (χ0v) is 9.27. The third-order valence-corrected chi connectivity index (χ3v) is 3.28. The fraction of sp³-hybridized carbons (Fsp3) is 0.417. The molecule has 0 bridgehead atoms. The van der Waals surface area contributed by atoms with Gasteiger partial charge in [0.15, 0.2) is 0 Å². The van der Waals surface area contributed by atoms with Crippen molar-refractivity contribution in [1.29, 1.82) is 0 Å². The van der Waals surface area contributed by atoms with Gasteiger partial charge >= 0.3 is 0 Å². The molecular formula is C12H15N3O. The molecule has 0 saturated carbocycles. The van der Waals surface area contributed by atoms with E-state index in [4.69, 9.17) is 0 Å². The smallest absolute Gasteiger partial charge is 0.112 e. The minimum atomic E-state index is -0.602. The highest BCUT2D eigenvalue weighted by Crippen LogP contribution is 2.20. The highest BCUT2D eigenvalue weighted by atomic mass is 16.3. The number of hydrogen-bond donors (Lipinski definition) is 2. The Hall–Kier alpha value is -1.39. The molecule has 1 aliphatic heterocycles. The van der Waals surface area contributed by atoms with E-state index in [0.717, 1.165) is 16.9 Å². The second kappa shape index (κ2) is 3.30. The molecule has 0 aliphatic carbocycles. The van der Waals surface area contributed by atoms with Crippen LogP contribution >= 0.6 is 0 Å². The number of nitrogens with zero attached hydrogens (tertiary/aromatic N) is 2. The summed E-state index contributed by atoms with van der Waals surface area (Å²) in [6.07, 6.45) is 0.616. The molecule has 0 amide bonds. The molecule has 2 N–H and O–H groups in total. The van der Waals surface area contributed by atoms with Gasteiger partial charge in [0, 0.05) is 26.6 Å². The fourth-order valence-corrected chi connectivity index (χ4v) is 2.19. The monoisotopic (exact) mass is 217 g/mol. The Kier molecular flexibility index (Phi) is 2.02. The quantitative estimate of drug-likeness (QED) is 0.768. The van der Waals surface area contributed by atoms with E-state index in [1.807, 2.05) is 25.2 Å². The molecule has 1 aliphatic rings. The number of imidazole rings is 1. The van der Waals surface area contributed by atoms with Crippen LogP contribution in [0.5, 0.6) is 0 Å². The second-order valence-corrected chi connectivity index (χ2v) is 4.58. The van der Waals surface area contributed by atoms with E-state index in [0.29, 0.717) is 19.5 Å². The largest absolute Gasteiger partial charge is 0.387 e. The Morgan fingerprint density at radius 3 is 2.81 bits per heavy atom. The van der Waals surface area contributed by atoms with Gasteiger partial charge in [0.2, 0.25) is 0 Å². The number of aryl methyl sites for hydroxylation is 1. The summed E-state index contributed by atoms with van der Waals surface area (Å²) in [6.45, 7) is 1.33. The fourth-order valence-electron chi connectivity index (χ4n) is 2.19. The molecule has 4 heteroatoms. The van der Waals surface area contributed by atoms with Crippen LogP contribution in [0.1, 0.15) is 5.82 Å². The Labute approximate surface area is 93.9 Å². The maximum Gasteiger partial charge on any atom is 0.112 e. The summed E-state index contributed by atoms with van der Waals surface area (Å²) in [5.74, 6) is 0.949. The highest BCUT2D eigenvalue weighted by molar-refractivity contribution is 5.75. The molecule has 84 valence electrons. The molecule has 0 atom stereocenters. The lowest BCUT2D eigenvalue weighted by Gasteiger charge is -2.37. The van der Waals surface area contributed by atoms with Crippen molar-refractivity contribution in [3.8, 4) is 0 Å². The van der Waals surface area contributed by atoms with Gasteiger partial charge < -0.3 is 15.0 Å². The van der Waals surface area contributed by atoms with Gasteiger partial charge in [-0.1, -0.05) is 12.1 Å². The van der Waals surface area contributed by atoms with Gasteiger partial charge in [0.1, 0.15) is 5.82 Å². The molecule has 1 fully saturated rings. The molecule has 3 rings (SSSR count). The minimum Gasteiger partial charge on any atom is -0.387 e. The highest BCUT2D eigenvalue weighted by Gasteiger charge is 2.35. The zero-order valence-electron chi connectivity index (χ0n) is 9.27. The van der Waals surface area contributed by atoms with E-state index in [1.54, 1.807) is 0 Å². The van der Waals surface area contributed by atoms with Gasteiger partial charge in [-0.3, -0.25) is 0 Å². The maximum absolute atomic E-state index is 10.1. The van der Waals surface area contributed by atoms with Crippen LogP contribution in [0, 0.1) is 0 Å². The summed E-state index contributed by atoms with van der Waals surface area (Å²) >= 11 is 0. The molecule has 1 aromatic carbocycles. The molecule has 0 spiro atoms. The average molecular weight is 217 g/mol. The van der Waals surface area contributed by atoms with Crippen LogP contribution in [0.3, 0.4) is 0 Å². The number of fused-ring (bicyclic) bond motifs is 1. The topological polar surface area (TPSA) is 50.1 Å². The molecule has 16 heavy (non-hydrogen) atoms. The van der Waals surface area contributed by atoms with E-state index < -0.39 is 5.60 Å². The normalized spacial score (nSPS) is 18.6. The first kappa shape index (κ1) is 9.81. The van der Waals surface area contributed by atoms with Crippen LogP contribution in [-0.2, 0) is 13.5 Å². The molecular weight excluding hydrogens is 202 g/mol. The number of aromatic nitrogens is 2. The average Bonchev–Trinajstić information content (AvgIpc) is 2.55. The first-order chi connectivity index (χ1) is 7.68. The first-order valence-electron chi connectivity index (χ1n) is 5.51. The molecule has 4 nitrogen and oxygen atoms in total. The van der Waals surface area contributed by atoms with Gasteiger partial charge in [-0.15, -0.1) is 0 Å². The summed E-state index contributed by atoms with van der Waals surface area (Å²) in [5.41, 5.74) is 1.51. The first-order valence-corrected chi connectivity index (χ1v) is 5.51. The van der Waals surface area contributed by atoms with E-state index in [-0.39, 0.29) is 0 Å². The van der Waals surface area contributed by atoms with E-state index in [2.05, 4.69) is 20.9 Å². The van der Waals surface area contributed by atoms with Crippen LogP contribution < -0.4 is 5.32 Å². The number of hydrogen-bond acceptors (Lipinski definition) is 3. The van der Waals surface area contributed by atoms with E-state index in [1.165, 1.54) is 0 Å². The molecule has 2 heterocycles. The number of para-hydroxylation sites is 2. The minimum absolute atomic E-state index is 0.602. The third kappa shape index (κ3) is 1.42. The molecule has 0 unspecified atom stereocenters. The van der Waals surface area contributed by atoms with Crippen molar-refractivity contribution in [1.82, 2.24) is 14.9 Å². The number of nitrogens with one attached hydrogen (secondary N) is 1. The van der Waals surface area contributed by atoms with Crippen molar-refractivity contribution in [2.24, 2.45) is 7.05 Å². The van der Waals surface area contributed by atoms with Crippen molar-refractivity contribution in [2.75, 3.05) is 13.1 Å². The Morgan fingerprint density at radius 1 is 1.44 bits per heavy atom. The molecule has 1 saturated heterocycles. The SMILES string of the molecule is Cn1c(CC2(O)CNC2)nc2ccccc21. The summed E-state index contributed by atoms with van der Waals surface area (Å²) in [4.78, 5) is 4.55. The zero-order chi connectivity index (χ0) is 11.2. The van der Waals surface area contributed by atoms with Gasteiger partial charge in [-0.25, -0.2) is 4.98 Å². The summed E-state index contributed by atoms with van der Waals surface area (Å²) in [7, 11) is 2.00. The predicted molar refractivity (Wildman–Crippen MR) is 62.2 cm³/mol. The number of rotatable bonds is 2. The van der Waals surface area contributed by atoms with Crippen LogP contribution in [-0.4, -0.2) is 33.3 Å². The molecule has 0 radical (unpaired) electrons. The number of β-amino-alcohol motifs (C(OH)–C–C–N with tert-alkyl or cyclic N) is 1.